The first-order valence-corrected chi connectivity index (χ1v) is 21.3. The standard InChI is InChI=1S/C60H39NO/c1-4-17-40(18-5-1)47-35-36-56(51-27-12-10-25-48(47)51)61(46-32-34-53-52-28-14-15-30-57(52)62-58(53)39-46)45-24-16-23-43(37-45)44-31-33-50-49-26-11-13-29-54(49)59(41-19-6-2-7-20-41)60(55(50)38-44)42-21-8-3-9-22-42/h1-39H. The van der Waals surface area contributed by atoms with Gasteiger partial charge in [-0.1, -0.05) is 188 Å². The summed E-state index contributed by atoms with van der Waals surface area (Å²) < 4.78 is 6.51. The third-order valence-corrected chi connectivity index (χ3v) is 12.4. The van der Waals surface area contributed by atoms with Crippen LogP contribution in [0.2, 0.25) is 0 Å². The lowest BCUT2D eigenvalue weighted by atomic mass is 9.84. The molecule has 0 radical (unpaired) electrons. The van der Waals surface area contributed by atoms with Gasteiger partial charge in [-0.15, -0.1) is 0 Å². The summed E-state index contributed by atoms with van der Waals surface area (Å²) in [6.45, 7) is 0. The zero-order valence-corrected chi connectivity index (χ0v) is 33.9. The molecule has 0 amide bonds. The second-order valence-corrected chi connectivity index (χ2v) is 16.0. The number of para-hydroxylation sites is 1. The Balaban J connectivity index is 1.09. The Kier molecular flexibility index (Phi) is 8.53. The lowest BCUT2D eigenvalue weighted by molar-refractivity contribution is 0.669. The van der Waals surface area contributed by atoms with Crippen LogP contribution in [0.1, 0.15) is 0 Å². The predicted octanol–water partition coefficient (Wildman–Crippen LogP) is 17.2. The van der Waals surface area contributed by atoms with Gasteiger partial charge in [0, 0.05) is 33.6 Å². The first kappa shape index (κ1) is 35.7. The molecule has 11 aromatic carbocycles. The highest BCUT2D eigenvalue weighted by atomic mass is 16.3. The number of anilines is 3. The lowest BCUT2D eigenvalue weighted by Gasteiger charge is -2.28. The van der Waals surface area contributed by atoms with Gasteiger partial charge in [0.05, 0.1) is 5.69 Å². The second kappa shape index (κ2) is 14.8. The van der Waals surface area contributed by atoms with Crippen molar-refractivity contribution in [1.82, 2.24) is 0 Å². The van der Waals surface area contributed by atoms with Gasteiger partial charge in [-0.05, 0) is 114 Å². The van der Waals surface area contributed by atoms with Crippen LogP contribution in [0.3, 0.4) is 0 Å². The van der Waals surface area contributed by atoms with Gasteiger partial charge in [-0.3, -0.25) is 0 Å². The minimum Gasteiger partial charge on any atom is -0.456 e. The Hall–Kier alpha value is -8.20. The fourth-order valence-corrected chi connectivity index (χ4v) is 9.63. The van der Waals surface area contributed by atoms with Crippen LogP contribution in [0.25, 0.3) is 98.8 Å². The molecule has 0 saturated carbocycles. The van der Waals surface area contributed by atoms with Crippen molar-refractivity contribution in [1.29, 1.82) is 0 Å². The molecule has 12 aromatic rings. The maximum atomic E-state index is 6.51. The van der Waals surface area contributed by atoms with Gasteiger partial charge in [-0.25, -0.2) is 0 Å². The van der Waals surface area contributed by atoms with E-state index in [1.165, 1.54) is 65.7 Å². The highest BCUT2D eigenvalue weighted by Gasteiger charge is 2.21. The summed E-state index contributed by atoms with van der Waals surface area (Å²) in [7, 11) is 0. The van der Waals surface area contributed by atoms with E-state index in [0.29, 0.717) is 0 Å². The van der Waals surface area contributed by atoms with Gasteiger partial charge in [0.2, 0.25) is 0 Å². The van der Waals surface area contributed by atoms with Crippen molar-refractivity contribution in [2.24, 2.45) is 0 Å². The summed E-state index contributed by atoms with van der Waals surface area (Å²) in [5.41, 5.74) is 14.5. The zero-order valence-electron chi connectivity index (χ0n) is 33.9. The Labute approximate surface area is 360 Å². The minimum absolute atomic E-state index is 0.861. The topological polar surface area (TPSA) is 16.4 Å². The van der Waals surface area contributed by atoms with Crippen LogP contribution in [-0.4, -0.2) is 0 Å². The summed E-state index contributed by atoms with van der Waals surface area (Å²) in [5, 5.41) is 9.57. The van der Waals surface area contributed by atoms with E-state index >= 15 is 0 Å². The molecule has 0 aliphatic heterocycles. The van der Waals surface area contributed by atoms with Crippen molar-refractivity contribution in [2.75, 3.05) is 4.90 Å². The molecule has 12 rings (SSSR count). The normalized spacial score (nSPS) is 11.5. The molecule has 62 heavy (non-hydrogen) atoms. The number of fused-ring (bicyclic) bond motifs is 7. The van der Waals surface area contributed by atoms with Crippen LogP contribution in [0.4, 0.5) is 17.1 Å². The molecule has 0 saturated heterocycles. The van der Waals surface area contributed by atoms with E-state index in [9.17, 15) is 0 Å². The Bertz CT molecular complexity index is 3630. The van der Waals surface area contributed by atoms with Crippen molar-refractivity contribution < 1.29 is 4.42 Å². The Morgan fingerprint density at radius 3 is 1.52 bits per heavy atom. The monoisotopic (exact) mass is 789 g/mol. The van der Waals surface area contributed by atoms with Crippen LogP contribution in [0.5, 0.6) is 0 Å². The Morgan fingerprint density at radius 1 is 0.258 bits per heavy atom. The molecule has 290 valence electrons. The van der Waals surface area contributed by atoms with Crippen molar-refractivity contribution in [2.45, 2.75) is 0 Å². The lowest BCUT2D eigenvalue weighted by Crippen LogP contribution is -2.10. The molecular weight excluding hydrogens is 751 g/mol. The fraction of sp³-hybridized carbons (Fsp3) is 0. The molecule has 0 spiro atoms. The smallest absolute Gasteiger partial charge is 0.137 e. The molecule has 0 fully saturated rings. The Morgan fingerprint density at radius 2 is 0.774 bits per heavy atom. The van der Waals surface area contributed by atoms with Crippen LogP contribution in [-0.2, 0) is 0 Å². The number of hydrogen-bond acceptors (Lipinski definition) is 2. The largest absolute Gasteiger partial charge is 0.456 e. The van der Waals surface area contributed by atoms with Gasteiger partial charge in [0.25, 0.3) is 0 Å². The molecule has 2 nitrogen and oxygen atoms in total. The maximum Gasteiger partial charge on any atom is 0.137 e. The van der Waals surface area contributed by atoms with Crippen molar-refractivity contribution in [3.63, 3.8) is 0 Å². The minimum atomic E-state index is 0.861. The molecule has 0 bridgehead atoms. The van der Waals surface area contributed by atoms with E-state index in [0.717, 1.165) is 50.1 Å². The number of rotatable bonds is 7. The molecule has 0 unspecified atom stereocenters. The molecule has 0 aliphatic rings. The summed E-state index contributed by atoms with van der Waals surface area (Å²) in [5.74, 6) is 0. The van der Waals surface area contributed by atoms with E-state index in [1.54, 1.807) is 0 Å². The first-order chi connectivity index (χ1) is 30.8. The number of nitrogens with zero attached hydrogens (tertiary/aromatic N) is 1. The molecular formula is C60H39NO. The molecule has 0 aliphatic carbocycles. The van der Waals surface area contributed by atoms with Crippen LogP contribution >= 0.6 is 0 Å². The summed E-state index contributed by atoms with van der Waals surface area (Å²) in [6.07, 6.45) is 0. The van der Waals surface area contributed by atoms with Crippen molar-refractivity contribution >= 4 is 71.3 Å². The zero-order chi connectivity index (χ0) is 41.0. The number of benzene rings is 11. The van der Waals surface area contributed by atoms with Crippen LogP contribution in [0, 0.1) is 0 Å². The van der Waals surface area contributed by atoms with Crippen molar-refractivity contribution in [3.8, 4) is 44.5 Å². The fourth-order valence-electron chi connectivity index (χ4n) is 9.63. The summed E-state index contributed by atoms with van der Waals surface area (Å²) in [6, 6.07) is 85.5. The highest BCUT2D eigenvalue weighted by Crippen LogP contribution is 2.47. The quantitative estimate of drug-likeness (QED) is 0.150. The van der Waals surface area contributed by atoms with E-state index in [-0.39, 0.29) is 0 Å². The molecule has 2 heteroatoms. The number of hydrogen-bond donors (Lipinski definition) is 0. The van der Waals surface area contributed by atoms with Crippen molar-refractivity contribution in [3.05, 3.63) is 237 Å². The average molecular weight is 790 g/mol. The third-order valence-electron chi connectivity index (χ3n) is 12.4. The van der Waals surface area contributed by atoms with Gasteiger partial charge in [0.15, 0.2) is 0 Å². The van der Waals surface area contributed by atoms with Crippen LogP contribution < -0.4 is 4.90 Å². The molecule has 0 N–H and O–H groups in total. The molecule has 0 atom stereocenters. The average Bonchev–Trinajstić information content (AvgIpc) is 3.72. The van der Waals surface area contributed by atoms with Gasteiger partial charge < -0.3 is 9.32 Å². The van der Waals surface area contributed by atoms with E-state index in [1.807, 2.05) is 12.1 Å². The maximum absolute atomic E-state index is 6.51. The SMILES string of the molecule is c1ccc(-c2ccc(N(c3cccc(-c4ccc5c(c4)c(-c4ccccc4)c(-c4ccccc4)c4ccccc45)c3)c3ccc4c(c3)oc3ccccc34)c3ccccc23)cc1. The third kappa shape index (κ3) is 5.96. The van der Waals surface area contributed by atoms with Gasteiger partial charge in [0.1, 0.15) is 11.2 Å². The number of furan rings is 1. The predicted molar refractivity (Wildman–Crippen MR) is 263 cm³/mol. The molecule has 1 heterocycles. The van der Waals surface area contributed by atoms with E-state index < -0.39 is 0 Å². The summed E-state index contributed by atoms with van der Waals surface area (Å²) >= 11 is 0. The highest BCUT2D eigenvalue weighted by molar-refractivity contribution is 6.22. The van der Waals surface area contributed by atoms with Crippen LogP contribution in [0.15, 0.2) is 241 Å². The van der Waals surface area contributed by atoms with Gasteiger partial charge in [-0.2, -0.15) is 0 Å². The van der Waals surface area contributed by atoms with E-state index in [2.05, 4.69) is 229 Å². The van der Waals surface area contributed by atoms with E-state index in [4.69, 9.17) is 4.42 Å². The first-order valence-electron chi connectivity index (χ1n) is 21.3. The van der Waals surface area contributed by atoms with Gasteiger partial charge >= 0.3 is 0 Å². The second-order valence-electron chi connectivity index (χ2n) is 16.0. The summed E-state index contributed by atoms with van der Waals surface area (Å²) in [4.78, 5) is 2.39. The molecule has 1 aromatic heterocycles.